The molecule has 1 saturated heterocycles. The second-order valence-electron chi connectivity index (χ2n) is 5.57. The summed E-state index contributed by atoms with van der Waals surface area (Å²) < 4.78 is 5.63. The Hall–Kier alpha value is -1.50. The molecule has 0 bridgehead atoms. The molecule has 0 spiro atoms. The molecule has 0 unspecified atom stereocenters. The number of imide groups is 1. The smallest absolute Gasteiger partial charge is 0.293 e. The highest BCUT2D eigenvalue weighted by molar-refractivity contribution is 8.18. The molecule has 25 heavy (non-hydrogen) atoms. The van der Waals surface area contributed by atoms with Gasteiger partial charge in [-0.2, -0.15) is 0 Å². The van der Waals surface area contributed by atoms with Crippen molar-refractivity contribution in [1.82, 2.24) is 4.90 Å². The van der Waals surface area contributed by atoms with Crippen LogP contribution in [0.25, 0.3) is 0 Å². The van der Waals surface area contributed by atoms with Gasteiger partial charge in [0.05, 0.1) is 11.5 Å². The molecule has 2 N–H and O–H groups in total. The van der Waals surface area contributed by atoms with Crippen molar-refractivity contribution in [3.05, 3.63) is 40.8 Å². The Morgan fingerprint density at radius 3 is 2.60 bits per heavy atom. The molecule has 5 nitrogen and oxygen atoms in total. The van der Waals surface area contributed by atoms with Crippen molar-refractivity contribution < 1.29 is 14.3 Å². The van der Waals surface area contributed by atoms with Gasteiger partial charge in [-0.3, -0.25) is 14.5 Å². The SMILES string of the molecule is CCCCOc1ccc(CCC=C2SC(=O)N(CCN)C2=O)cc1.Cl. The van der Waals surface area contributed by atoms with E-state index >= 15 is 0 Å². The number of hydrogen-bond donors (Lipinski definition) is 1. The Morgan fingerprint density at radius 2 is 1.96 bits per heavy atom. The molecule has 0 radical (unpaired) electrons. The van der Waals surface area contributed by atoms with Crippen molar-refractivity contribution in [1.29, 1.82) is 0 Å². The van der Waals surface area contributed by atoms with Crippen molar-refractivity contribution in [2.75, 3.05) is 19.7 Å². The fourth-order valence-electron chi connectivity index (χ4n) is 2.32. The summed E-state index contributed by atoms with van der Waals surface area (Å²) in [6, 6.07) is 8.02. The molecule has 2 rings (SSSR count). The number of nitrogens with zero attached hydrogens (tertiary/aromatic N) is 1. The second-order valence-corrected chi connectivity index (χ2v) is 6.56. The van der Waals surface area contributed by atoms with Gasteiger partial charge in [0.25, 0.3) is 11.1 Å². The summed E-state index contributed by atoms with van der Waals surface area (Å²) in [5.74, 6) is 0.658. The zero-order chi connectivity index (χ0) is 17.4. The van der Waals surface area contributed by atoms with E-state index in [-0.39, 0.29) is 36.6 Å². The van der Waals surface area contributed by atoms with Crippen LogP contribution >= 0.6 is 24.2 Å². The van der Waals surface area contributed by atoms with Crippen molar-refractivity contribution in [3.8, 4) is 5.75 Å². The van der Waals surface area contributed by atoms with Crippen molar-refractivity contribution in [2.45, 2.75) is 32.6 Å². The van der Waals surface area contributed by atoms with Crippen LogP contribution in [0.2, 0.25) is 0 Å². The summed E-state index contributed by atoms with van der Waals surface area (Å²) in [7, 11) is 0. The van der Waals surface area contributed by atoms with Crippen molar-refractivity contribution in [2.24, 2.45) is 5.73 Å². The molecule has 1 aliphatic heterocycles. The Balaban J connectivity index is 0.00000312. The molecule has 7 heteroatoms. The molecule has 1 fully saturated rings. The maximum atomic E-state index is 12.1. The average molecular weight is 385 g/mol. The van der Waals surface area contributed by atoms with Crippen LogP contribution in [0.5, 0.6) is 5.75 Å². The van der Waals surface area contributed by atoms with E-state index < -0.39 is 0 Å². The maximum Gasteiger partial charge on any atom is 0.293 e. The van der Waals surface area contributed by atoms with Crippen LogP contribution in [0.4, 0.5) is 4.79 Å². The van der Waals surface area contributed by atoms with Crippen molar-refractivity contribution in [3.63, 3.8) is 0 Å². The largest absolute Gasteiger partial charge is 0.494 e. The third kappa shape index (κ3) is 6.38. The predicted octanol–water partition coefficient (Wildman–Crippen LogP) is 3.76. The summed E-state index contributed by atoms with van der Waals surface area (Å²) in [6.45, 7) is 3.45. The summed E-state index contributed by atoms with van der Waals surface area (Å²) >= 11 is 0.994. The zero-order valence-electron chi connectivity index (χ0n) is 14.4. The lowest BCUT2D eigenvalue weighted by Gasteiger charge is -2.09. The highest BCUT2D eigenvalue weighted by Crippen LogP contribution is 2.30. The number of aryl methyl sites for hydroxylation is 1. The number of nitrogens with two attached hydrogens (primary N) is 1. The predicted molar refractivity (Wildman–Crippen MR) is 104 cm³/mol. The lowest BCUT2D eigenvalue weighted by molar-refractivity contribution is -0.122. The molecular formula is C18H25ClN2O3S. The second kappa shape index (κ2) is 11.2. The number of ether oxygens (including phenoxy) is 1. The van der Waals surface area contributed by atoms with E-state index in [2.05, 4.69) is 6.92 Å². The standard InChI is InChI=1S/C18H24N2O3S.ClH/c1-2-3-13-23-15-9-7-14(8-10-15)5-4-6-16-17(21)20(12-11-19)18(22)24-16;/h6-10H,2-5,11-13,19H2,1H3;1H. The molecule has 0 aromatic heterocycles. The number of amides is 2. The third-order valence-electron chi connectivity index (χ3n) is 3.68. The minimum absolute atomic E-state index is 0. The Bertz CT molecular complexity index is 605. The molecule has 1 heterocycles. The Kier molecular flexibility index (Phi) is 9.63. The highest BCUT2D eigenvalue weighted by Gasteiger charge is 2.33. The number of unbranched alkanes of at least 4 members (excludes halogenated alkanes) is 1. The van der Waals surface area contributed by atoms with Gasteiger partial charge in [0.1, 0.15) is 5.75 Å². The lowest BCUT2D eigenvalue weighted by Crippen LogP contribution is -2.33. The number of halogens is 1. The number of hydrogen-bond acceptors (Lipinski definition) is 5. The van der Waals surface area contributed by atoms with Crippen LogP contribution in [0.1, 0.15) is 31.7 Å². The Labute approximate surface area is 159 Å². The summed E-state index contributed by atoms with van der Waals surface area (Å²) in [6.07, 6.45) is 5.55. The van der Waals surface area contributed by atoms with E-state index in [1.54, 1.807) is 0 Å². The van der Waals surface area contributed by atoms with Gasteiger partial charge in [-0.25, -0.2) is 0 Å². The van der Waals surface area contributed by atoms with Crippen LogP contribution < -0.4 is 10.5 Å². The molecule has 0 atom stereocenters. The monoisotopic (exact) mass is 384 g/mol. The van der Waals surface area contributed by atoms with E-state index in [0.717, 1.165) is 43.4 Å². The number of thioether (sulfide) groups is 1. The fourth-order valence-corrected chi connectivity index (χ4v) is 3.19. The van der Waals surface area contributed by atoms with E-state index in [0.29, 0.717) is 11.3 Å². The van der Waals surface area contributed by atoms with Crippen LogP contribution in [0.3, 0.4) is 0 Å². The maximum absolute atomic E-state index is 12.1. The van der Waals surface area contributed by atoms with Gasteiger partial charge < -0.3 is 10.5 Å². The van der Waals surface area contributed by atoms with Crippen LogP contribution in [-0.2, 0) is 11.2 Å². The minimum Gasteiger partial charge on any atom is -0.494 e. The van der Waals surface area contributed by atoms with E-state index in [1.807, 2.05) is 30.3 Å². The summed E-state index contributed by atoms with van der Waals surface area (Å²) in [5, 5.41) is -0.231. The first-order valence-electron chi connectivity index (χ1n) is 8.31. The van der Waals surface area contributed by atoms with Crippen molar-refractivity contribution >= 4 is 35.3 Å². The first-order valence-corrected chi connectivity index (χ1v) is 9.13. The molecule has 1 aromatic rings. The first kappa shape index (κ1) is 21.5. The number of carbonyl (C=O) groups excluding carboxylic acids is 2. The van der Waals surface area contributed by atoms with Gasteiger partial charge in [-0.1, -0.05) is 31.6 Å². The quantitative estimate of drug-likeness (QED) is 0.518. The number of allylic oxidation sites excluding steroid dienone is 1. The topological polar surface area (TPSA) is 72.6 Å². The minimum atomic E-state index is -0.231. The van der Waals surface area contributed by atoms with Gasteiger partial charge in [-0.05, 0) is 48.7 Å². The molecule has 138 valence electrons. The van der Waals surface area contributed by atoms with Gasteiger partial charge in [-0.15, -0.1) is 12.4 Å². The molecule has 0 aliphatic carbocycles. The summed E-state index contributed by atoms with van der Waals surface area (Å²) in [4.78, 5) is 25.5. The molecule has 0 saturated carbocycles. The van der Waals surface area contributed by atoms with Gasteiger partial charge in [0.2, 0.25) is 0 Å². The summed E-state index contributed by atoms with van der Waals surface area (Å²) in [5.41, 5.74) is 6.60. The van der Waals surface area contributed by atoms with Crippen LogP contribution in [0.15, 0.2) is 35.2 Å². The van der Waals surface area contributed by atoms with E-state index in [4.69, 9.17) is 10.5 Å². The van der Waals surface area contributed by atoms with Crippen LogP contribution in [-0.4, -0.2) is 35.7 Å². The Morgan fingerprint density at radius 1 is 1.24 bits per heavy atom. The fraction of sp³-hybridized carbons (Fsp3) is 0.444. The molecule has 1 aromatic carbocycles. The van der Waals surface area contributed by atoms with Gasteiger partial charge in [0.15, 0.2) is 0 Å². The third-order valence-corrected chi connectivity index (χ3v) is 4.64. The number of rotatable bonds is 9. The lowest BCUT2D eigenvalue weighted by atomic mass is 10.1. The first-order chi connectivity index (χ1) is 11.7. The molecule has 1 aliphatic rings. The van der Waals surface area contributed by atoms with Crippen LogP contribution in [0, 0.1) is 0 Å². The zero-order valence-corrected chi connectivity index (χ0v) is 16.0. The van der Waals surface area contributed by atoms with E-state index in [9.17, 15) is 9.59 Å². The normalized spacial score (nSPS) is 15.6. The van der Waals surface area contributed by atoms with Gasteiger partial charge >= 0.3 is 0 Å². The average Bonchev–Trinajstić information content (AvgIpc) is 2.85. The molecule has 2 amide bonds. The van der Waals surface area contributed by atoms with Gasteiger partial charge in [0, 0.05) is 13.1 Å². The number of benzene rings is 1. The van der Waals surface area contributed by atoms with E-state index in [1.165, 1.54) is 10.5 Å². The highest BCUT2D eigenvalue weighted by atomic mass is 35.5. The number of carbonyl (C=O) groups is 2. The molecular weight excluding hydrogens is 360 g/mol.